The predicted molar refractivity (Wildman–Crippen MR) is 79.7 cm³/mol. The molecule has 0 aromatic heterocycles. The van der Waals surface area contributed by atoms with E-state index in [0.29, 0.717) is 12.1 Å². The zero-order chi connectivity index (χ0) is 15.5. The highest BCUT2D eigenvalue weighted by molar-refractivity contribution is 5.88. The Morgan fingerprint density at radius 3 is 2.43 bits per heavy atom. The molecule has 1 saturated heterocycles. The molecule has 1 aromatic carbocycles. The van der Waals surface area contributed by atoms with E-state index in [-0.39, 0.29) is 11.8 Å². The lowest BCUT2D eigenvalue weighted by Crippen LogP contribution is -2.48. The van der Waals surface area contributed by atoms with Crippen molar-refractivity contribution in [3.05, 3.63) is 35.9 Å². The van der Waals surface area contributed by atoms with Gasteiger partial charge in [-0.1, -0.05) is 44.2 Å². The van der Waals surface area contributed by atoms with Crippen LogP contribution in [0.25, 0.3) is 0 Å². The van der Waals surface area contributed by atoms with Crippen molar-refractivity contribution in [1.82, 2.24) is 10.6 Å². The summed E-state index contributed by atoms with van der Waals surface area (Å²) in [5.41, 5.74) is 0.0610. The molecular weight excluding hydrogens is 268 g/mol. The van der Waals surface area contributed by atoms with Crippen LogP contribution in [0.1, 0.15) is 31.9 Å². The molecule has 1 aliphatic rings. The standard InChI is InChI=1S/C16H22N2O3/c1-11(2)16(8-9-17-10-16)15(21)18-13(14(19)20)12-6-4-3-5-7-12/h3-7,11,13,17H,8-10H2,1-2H3,(H,18,21)(H,19,20). The van der Waals surface area contributed by atoms with E-state index in [1.54, 1.807) is 24.3 Å². The number of carbonyl (C=O) groups excluding carboxylic acids is 1. The second kappa shape index (κ2) is 6.26. The quantitative estimate of drug-likeness (QED) is 0.769. The van der Waals surface area contributed by atoms with Crippen LogP contribution >= 0.6 is 0 Å². The van der Waals surface area contributed by atoms with Crippen molar-refractivity contribution >= 4 is 11.9 Å². The summed E-state index contributed by atoms with van der Waals surface area (Å²) < 4.78 is 0. The highest BCUT2D eigenvalue weighted by Gasteiger charge is 2.45. The van der Waals surface area contributed by atoms with Gasteiger partial charge in [0.15, 0.2) is 6.04 Å². The molecule has 0 spiro atoms. The summed E-state index contributed by atoms with van der Waals surface area (Å²) in [5.74, 6) is -1.07. The first-order chi connectivity index (χ1) is 9.97. The second-order valence-corrected chi connectivity index (χ2v) is 5.89. The second-order valence-electron chi connectivity index (χ2n) is 5.89. The number of benzene rings is 1. The van der Waals surface area contributed by atoms with Crippen LogP contribution in [0.3, 0.4) is 0 Å². The van der Waals surface area contributed by atoms with Gasteiger partial charge < -0.3 is 15.7 Å². The number of hydrogen-bond donors (Lipinski definition) is 3. The summed E-state index contributed by atoms with van der Waals surface area (Å²) in [6.07, 6.45) is 0.734. The zero-order valence-electron chi connectivity index (χ0n) is 12.4. The largest absolute Gasteiger partial charge is 0.479 e. The van der Waals surface area contributed by atoms with Gasteiger partial charge in [0.05, 0.1) is 5.41 Å². The maximum atomic E-state index is 12.7. The van der Waals surface area contributed by atoms with Gasteiger partial charge in [0.1, 0.15) is 0 Å². The van der Waals surface area contributed by atoms with Gasteiger partial charge in [0.25, 0.3) is 0 Å². The number of carboxylic acids is 1. The molecule has 1 fully saturated rings. The molecule has 114 valence electrons. The third-order valence-corrected chi connectivity index (χ3v) is 4.40. The van der Waals surface area contributed by atoms with Crippen LogP contribution in [-0.4, -0.2) is 30.1 Å². The lowest BCUT2D eigenvalue weighted by molar-refractivity contribution is -0.144. The highest BCUT2D eigenvalue weighted by Crippen LogP contribution is 2.35. The summed E-state index contributed by atoms with van der Waals surface area (Å²) in [6.45, 7) is 5.39. The zero-order valence-corrected chi connectivity index (χ0v) is 12.4. The molecule has 1 heterocycles. The third kappa shape index (κ3) is 3.08. The van der Waals surface area contributed by atoms with E-state index in [2.05, 4.69) is 10.6 Å². The van der Waals surface area contributed by atoms with Crippen LogP contribution in [0.5, 0.6) is 0 Å². The molecule has 21 heavy (non-hydrogen) atoms. The van der Waals surface area contributed by atoms with Gasteiger partial charge in [-0.25, -0.2) is 4.79 Å². The maximum absolute atomic E-state index is 12.7. The fourth-order valence-corrected chi connectivity index (χ4v) is 2.87. The highest BCUT2D eigenvalue weighted by atomic mass is 16.4. The lowest BCUT2D eigenvalue weighted by Gasteiger charge is -2.32. The predicted octanol–water partition coefficient (Wildman–Crippen LogP) is 1.56. The Morgan fingerprint density at radius 2 is 1.95 bits per heavy atom. The van der Waals surface area contributed by atoms with Gasteiger partial charge in [0.2, 0.25) is 5.91 Å². The van der Waals surface area contributed by atoms with E-state index >= 15 is 0 Å². The number of hydrogen-bond acceptors (Lipinski definition) is 3. The minimum absolute atomic E-state index is 0.151. The fraction of sp³-hybridized carbons (Fsp3) is 0.500. The molecule has 0 radical (unpaired) electrons. The van der Waals surface area contributed by atoms with Crippen LogP contribution < -0.4 is 10.6 Å². The molecule has 1 aromatic rings. The Labute approximate surface area is 124 Å². The summed E-state index contributed by atoms with van der Waals surface area (Å²) >= 11 is 0. The van der Waals surface area contributed by atoms with E-state index in [4.69, 9.17) is 0 Å². The average Bonchev–Trinajstić information content (AvgIpc) is 2.96. The van der Waals surface area contributed by atoms with Crippen molar-refractivity contribution in [2.75, 3.05) is 13.1 Å². The first kappa shape index (κ1) is 15.5. The summed E-state index contributed by atoms with van der Waals surface area (Å²) in [5, 5.41) is 15.3. The monoisotopic (exact) mass is 290 g/mol. The minimum atomic E-state index is -1.04. The maximum Gasteiger partial charge on any atom is 0.330 e. The molecule has 5 heteroatoms. The normalized spacial score (nSPS) is 23.0. The van der Waals surface area contributed by atoms with Gasteiger partial charge in [-0.2, -0.15) is 0 Å². The molecule has 1 amide bonds. The number of rotatable bonds is 5. The first-order valence-electron chi connectivity index (χ1n) is 7.27. The van der Waals surface area contributed by atoms with E-state index in [1.807, 2.05) is 19.9 Å². The Kier molecular flexibility index (Phi) is 4.63. The Balaban J connectivity index is 2.21. The molecule has 0 aliphatic carbocycles. The molecule has 0 saturated carbocycles. The van der Waals surface area contributed by atoms with Gasteiger partial charge in [-0.15, -0.1) is 0 Å². The van der Waals surface area contributed by atoms with E-state index in [9.17, 15) is 14.7 Å². The number of aliphatic carboxylic acids is 1. The summed E-state index contributed by atoms with van der Waals surface area (Å²) in [4.78, 5) is 24.2. The average molecular weight is 290 g/mol. The lowest BCUT2D eigenvalue weighted by atomic mass is 9.75. The van der Waals surface area contributed by atoms with Crippen LogP contribution in [0.2, 0.25) is 0 Å². The topological polar surface area (TPSA) is 78.4 Å². The van der Waals surface area contributed by atoms with Crippen LogP contribution in [-0.2, 0) is 9.59 Å². The molecule has 2 atom stereocenters. The van der Waals surface area contributed by atoms with Crippen molar-refractivity contribution in [3.63, 3.8) is 0 Å². The van der Waals surface area contributed by atoms with E-state index < -0.39 is 17.4 Å². The number of amides is 1. The Morgan fingerprint density at radius 1 is 1.29 bits per heavy atom. The number of nitrogens with one attached hydrogen (secondary N) is 2. The third-order valence-electron chi connectivity index (χ3n) is 4.40. The molecule has 3 N–H and O–H groups in total. The minimum Gasteiger partial charge on any atom is -0.479 e. The van der Waals surface area contributed by atoms with Crippen LogP contribution in [0.4, 0.5) is 0 Å². The van der Waals surface area contributed by atoms with E-state index in [1.165, 1.54) is 0 Å². The van der Waals surface area contributed by atoms with Gasteiger partial charge >= 0.3 is 5.97 Å². The molecule has 2 unspecified atom stereocenters. The summed E-state index contributed by atoms with van der Waals surface area (Å²) in [6, 6.07) is 7.79. The molecule has 0 bridgehead atoms. The van der Waals surface area contributed by atoms with Crippen molar-refractivity contribution in [3.8, 4) is 0 Å². The molecule has 1 aliphatic heterocycles. The van der Waals surface area contributed by atoms with Crippen LogP contribution in [0.15, 0.2) is 30.3 Å². The number of carboxylic acid groups (broad SMARTS) is 1. The Hall–Kier alpha value is -1.88. The molecule has 5 nitrogen and oxygen atoms in total. The van der Waals surface area contributed by atoms with Gasteiger partial charge in [-0.3, -0.25) is 4.79 Å². The number of carbonyl (C=O) groups is 2. The first-order valence-corrected chi connectivity index (χ1v) is 7.27. The van der Waals surface area contributed by atoms with Crippen LogP contribution in [0, 0.1) is 11.3 Å². The Bertz CT molecular complexity index is 508. The molecular formula is C16H22N2O3. The van der Waals surface area contributed by atoms with E-state index in [0.717, 1.165) is 13.0 Å². The molecule has 2 rings (SSSR count). The van der Waals surface area contributed by atoms with Crippen molar-refractivity contribution in [2.24, 2.45) is 11.3 Å². The van der Waals surface area contributed by atoms with Gasteiger partial charge in [-0.05, 0) is 24.4 Å². The fourth-order valence-electron chi connectivity index (χ4n) is 2.87. The van der Waals surface area contributed by atoms with Crippen molar-refractivity contribution in [2.45, 2.75) is 26.3 Å². The van der Waals surface area contributed by atoms with Crippen molar-refractivity contribution in [1.29, 1.82) is 0 Å². The SMILES string of the molecule is CC(C)C1(C(=O)NC(C(=O)O)c2ccccc2)CCNC1. The van der Waals surface area contributed by atoms with Gasteiger partial charge in [0, 0.05) is 6.54 Å². The van der Waals surface area contributed by atoms with Crippen molar-refractivity contribution < 1.29 is 14.7 Å². The smallest absolute Gasteiger partial charge is 0.330 e. The summed E-state index contributed by atoms with van der Waals surface area (Å²) in [7, 11) is 0.